The van der Waals surface area contributed by atoms with Crippen LogP contribution in [0.1, 0.15) is 24.1 Å². The Morgan fingerprint density at radius 2 is 1.86 bits per heavy atom. The molecule has 112 valence electrons. The van der Waals surface area contributed by atoms with Crippen molar-refractivity contribution in [3.8, 4) is 17.2 Å². The van der Waals surface area contributed by atoms with Gasteiger partial charge in [0.15, 0.2) is 0 Å². The highest BCUT2D eigenvalue weighted by molar-refractivity contribution is 5.40. The fraction of sp³-hybridized carbons (Fsp3) is 0.294. The summed E-state index contributed by atoms with van der Waals surface area (Å²) in [7, 11) is 3.25. The topological polar surface area (TPSA) is 50.7 Å². The van der Waals surface area contributed by atoms with Gasteiger partial charge in [-0.3, -0.25) is 0 Å². The van der Waals surface area contributed by atoms with Gasteiger partial charge in [0.05, 0.1) is 14.2 Å². The molecule has 0 heterocycles. The van der Waals surface area contributed by atoms with Crippen LogP contribution in [0.5, 0.6) is 17.2 Å². The zero-order chi connectivity index (χ0) is 15.2. The number of phenolic OH excluding ortho intramolecular Hbond substituents is 1. The van der Waals surface area contributed by atoms with E-state index in [1.807, 2.05) is 36.4 Å². The van der Waals surface area contributed by atoms with Crippen molar-refractivity contribution in [3.05, 3.63) is 53.6 Å². The average Bonchev–Trinajstić information content (AvgIpc) is 2.53. The van der Waals surface area contributed by atoms with Gasteiger partial charge in [0.25, 0.3) is 0 Å². The van der Waals surface area contributed by atoms with Crippen LogP contribution in [0.25, 0.3) is 0 Å². The van der Waals surface area contributed by atoms with E-state index in [1.165, 1.54) is 0 Å². The quantitative estimate of drug-likeness (QED) is 0.856. The Kier molecular flexibility index (Phi) is 5.06. The van der Waals surface area contributed by atoms with Gasteiger partial charge in [0, 0.05) is 29.8 Å². The summed E-state index contributed by atoms with van der Waals surface area (Å²) in [5, 5.41) is 13.3. The fourth-order valence-electron chi connectivity index (χ4n) is 2.22. The standard InChI is InChI=1S/C17H21NO3/c1-12(15-6-4-5-7-17(15)21-3)18-11-13-8-9-14(20-2)10-16(13)19/h4-10,12,18-19H,11H2,1-3H3/t12-/m1/s1. The van der Waals surface area contributed by atoms with Crippen LogP contribution in [0.15, 0.2) is 42.5 Å². The second-order valence-corrected chi connectivity index (χ2v) is 4.84. The number of hydrogen-bond donors (Lipinski definition) is 2. The van der Waals surface area contributed by atoms with Crippen molar-refractivity contribution in [1.82, 2.24) is 5.32 Å². The van der Waals surface area contributed by atoms with E-state index in [0.717, 1.165) is 16.9 Å². The predicted molar refractivity (Wildman–Crippen MR) is 82.9 cm³/mol. The van der Waals surface area contributed by atoms with Gasteiger partial charge in [-0.2, -0.15) is 0 Å². The monoisotopic (exact) mass is 287 g/mol. The number of aromatic hydroxyl groups is 1. The first-order valence-electron chi connectivity index (χ1n) is 6.88. The van der Waals surface area contributed by atoms with E-state index in [1.54, 1.807) is 20.3 Å². The van der Waals surface area contributed by atoms with Crippen molar-refractivity contribution in [2.45, 2.75) is 19.5 Å². The van der Waals surface area contributed by atoms with Crippen LogP contribution in [-0.2, 0) is 6.54 Å². The number of hydrogen-bond acceptors (Lipinski definition) is 4. The lowest BCUT2D eigenvalue weighted by Gasteiger charge is -2.17. The van der Waals surface area contributed by atoms with Crippen LogP contribution in [0, 0.1) is 0 Å². The van der Waals surface area contributed by atoms with Gasteiger partial charge < -0.3 is 19.9 Å². The number of rotatable bonds is 6. The molecule has 0 aliphatic heterocycles. The maximum Gasteiger partial charge on any atom is 0.123 e. The molecule has 21 heavy (non-hydrogen) atoms. The molecule has 2 aromatic rings. The fourth-order valence-corrected chi connectivity index (χ4v) is 2.22. The number of phenols is 1. The SMILES string of the molecule is COc1ccc(CN[C@H](C)c2ccccc2OC)c(O)c1. The van der Waals surface area contributed by atoms with Crippen molar-refractivity contribution in [2.75, 3.05) is 14.2 Å². The zero-order valence-electron chi connectivity index (χ0n) is 12.6. The highest BCUT2D eigenvalue weighted by Gasteiger charge is 2.11. The Balaban J connectivity index is 2.05. The first kappa shape index (κ1) is 15.2. The van der Waals surface area contributed by atoms with Crippen molar-refractivity contribution in [2.24, 2.45) is 0 Å². The molecule has 1 atom stereocenters. The van der Waals surface area contributed by atoms with Crippen LogP contribution in [0.3, 0.4) is 0 Å². The molecular weight excluding hydrogens is 266 g/mol. The number of nitrogens with one attached hydrogen (secondary N) is 1. The normalized spacial score (nSPS) is 12.0. The molecule has 0 radical (unpaired) electrons. The van der Waals surface area contributed by atoms with E-state index < -0.39 is 0 Å². The summed E-state index contributed by atoms with van der Waals surface area (Å²) in [6.07, 6.45) is 0. The molecule has 0 saturated carbocycles. The van der Waals surface area contributed by atoms with Crippen LogP contribution < -0.4 is 14.8 Å². The number of benzene rings is 2. The largest absolute Gasteiger partial charge is 0.507 e. The van der Waals surface area contributed by atoms with Gasteiger partial charge in [-0.1, -0.05) is 24.3 Å². The molecule has 0 aliphatic carbocycles. The summed E-state index contributed by atoms with van der Waals surface area (Å²) < 4.78 is 10.4. The molecule has 2 N–H and O–H groups in total. The van der Waals surface area contributed by atoms with Crippen LogP contribution in [-0.4, -0.2) is 19.3 Å². The highest BCUT2D eigenvalue weighted by Crippen LogP contribution is 2.26. The molecule has 0 aliphatic rings. The molecule has 4 heteroatoms. The van der Waals surface area contributed by atoms with Gasteiger partial charge in [0.1, 0.15) is 17.2 Å². The van der Waals surface area contributed by atoms with E-state index in [4.69, 9.17) is 9.47 Å². The van der Waals surface area contributed by atoms with E-state index >= 15 is 0 Å². The maximum absolute atomic E-state index is 9.96. The molecule has 0 spiro atoms. The van der Waals surface area contributed by atoms with Crippen LogP contribution >= 0.6 is 0 Å². The van der Waals surface area contributed by atoms with E-state index in [2.05, 4.69) is 12.2 Å². The minimum atomic E-state index is 0.114. The predicted octanol–water partition coefficient (Wildman–Crippen LogP) is 3.26. The molecule has 0 saturated heterocycles. The molecule has 0 aromatic heterocycles. The Hall–Kier alpha value is -2.20. The van der Waals surface area contributed by atoms with Gasteiger partial charge in [-0.25, -0.2) is 0 Å². The minimum absolute atomic E-state index is 0.114. The Morgan fingerprint density at radius 3 is 2.52 bits per heavy atom. The van der Waals surface area contributed by atoms with Gasteiger partial charge in [-0.05, 0) is 19.1 Å². The van der Waals surface area contributed by atoms with Crippen molar-refractivity contribution < 1.29 is 14.6 Å². The van der Waals surface area contributed by atoms with Crippen molar-refractivity contribution in [3.63, 3.8) is 0 Å². The third-order valence-corrected chi connectivity index (χ3v) is 3.50. The molecule has 0 unspecified atom stereocenters. The lowest BCUT2D eigenvalue weighted by molar-refractivity contribution is 0.399. The second kappa shape index (κ2) is 6.99. The molecule has 2 rings (SSSR count). The highest BCUT2D eigenvalue weighted by atomic mass is 16.5. The first-order valence-corrected chi connectivity index (χ1v) is 6.88. The molecule has 0 amide bonds. The summed E-state index contributed by atoms with van der Waals surface area (Å²) >= 11 is 0. The number of ether oxygens (including phenoxy) is 2. The lowest BCUT2D eigenvalue weighted by Crippen LogP contribution is -2.18. The smallest absolute Gasteiger partial charge is 0.123 e. The summed E-state index contributed by atoms with van der Waals surface area (Å²) in [6, 6.07) is 13.3. The summed E-state index contributed by atoms with van der Waals surface area (Å²) in [4.78, 5) is 0. The van der Waals surface area contributed by atoms with Crippen LogP contribution in [0.2, 0.25) is 0 Å². The average molecular weight is 287 g/mol. The second-order valence-electron chi connectivity index (χ2n) is 4.84. The van der Waals surface area contributed by atoms with Crippen molar-refractivity contribution >= 4 is 0 Å². The third-order valence-electron chi connectivity index (χ3n) is 3.50. The lowest BCUT2D eigenvalue weighted by atomic mass is 10.1. The van der Waals surface area contributed by atoms with Crippen LogP contribution in [0.4, 0.5) is 0 Å². The summed E-state index contributed by atoms with van der Waals surface area (Å²) in [6.45, 7) is 2.63. The Bertz CT molecular complexity index is 598. The summed E-state index contributed by atoms with van der Waals surface area (Å²) in [5.41, 5.74) is 1.92. The minimum Gasteiger partial charge on any atom is -0.507 e. The first-order chi connectivity index (χ1) is 10.2. The molecule has 2 aromatic carbocycles. The zero-order valence-corrected chi connectivity index (χ0v) is 12.6. The van der Waals surface area contributed by atoms with Gasteiger partial charge >= 0.3 is 0 Å². The van der Waals surface area contributed by atoms with Gasteiger partial charge in [-0.15, -0.1) is 0 Å². The Labute approximate surface area is 125 Å². The number of para-hydroxylation sites is 1. The number of methoxy groups -OCH3 is 2. The molecule has 0 bridgehead atoms. The third kappa shape index (κ3) is 3.67. The molecular formula is C17H21NO3. The molecule has 4 nitrogen and oxygen atoms in total. The Morgan fingerprint density at radius 1 is 1.10 bits per heavy atom. The summed E-state index contributed by atoms with van der Waals surface area (Å²) in [5.74, 6) is 1.74. The molecule has 0 fully saturated rings. The van der Waals surface area contributed by atoms with Gasteiger partial charge in [0.2, 0.25) is 0 Å². The van der Waals surface area contributed by atoms with E-state index in [9.17, 15) is 5.11 Å². The maximum atomic E-state index is 9.96. The van der Waals surface area contributed by atoms with E-state index in [-0.39, 0.29) is 11.8 Å². The van der Waals surface area contributed by atoms with Crippen molar-refractivity contribution in [1.29, 1.82) is 0 Å². The van der Waals surface area contributed by atoms with E-state index in [0.29, 0.717) is 12.3 Å².